The van der Waals surface area contributed by atoms with Gasteiger partial charge in [-0.3, -0.25) is 9.59 Å². The third kappa shape index (κ3) is 4.56. The van der Waals surface area contributed by atoms with Crippen molar-refractivity contribution in [1.29, 1.82) is 0 Å². The number of halogens is 3. The van der Waals surface area contributed by atoms with Gasteiger partial charge in [0, 0.05) is 42.3 Å². The highest BCUT2D eigenvalue weighted by molar-refractivity contribution is 5.97. The number of H-pyrrole nitrogens is 1. The number of likely N-dealkylation sites (tertiary alicyclic amines) is 1. The fourth-order valence-electron chi connectivity index (χ4n) is 3.93. The number of rotatable bonds is 6. The first-order chi connectivity index (χ1) is 15.2. The minimum atomic E-state index is -4.49. The molecule has 6 nitrogen and oxygen atoms in total. The number of nitrogens with zero attached hydrogens (tertiary/aromatic N) is 1. The Kier molecular flexibility index (Phi) is 5.82. The number of amides is 2. The third-order valence-corrected chi connectivity index (χ3v) is 5.67. The number of carbonyl (C=O) groups excluding carboxylic acids is 2. The Morgan fingerprint density at radius 2 is 2.06 bits per heavy atom. The number of ether oxygens (including phenoxy) is 1. The number of hydrogen-bond donors (Lipinski definition) is 2. The molecule has 32 heavy (non-hydrogen) atoms. The lowest BCUT2D eigenvalue weighted by atomic mass is 10.1. The molecule has 168 valence electrons. The molecule has 1 saturated heterocycles. The molecule has 3 aromatic rings. The SMILES string of the molecule is COc1ccc2[nH]cc(CCN3C[C@@H](C(=O)Nc4cccc(C(F)(F)F)c4)CC3=O)c2c1. The van der Waals surface area contributed by atoms with Gasteiger partial charge in [0.15, 0.2) is 0 Å². The minimum Gasteiger partial charge on any atom is -0.497 e. The first-order valence-electron chi connectivity index (χ1n) is 10.1. The second-order valence-electron chi connectivity index (χ2n) is 7.78. The summed E-state index contributed by atoms with van der Waals surface area (Å²) in [4.78, 5) is 29.8. The van der Waals surface area contributed by atoms with Crippen LogP contribution in [0.4, 0.5) is 18.9 Å². The molecule has 0 saturated carbocycles. The number of aromatic nitrogens is 1. The summed E-state index contributed by atoms with van der Waals surface area (Å²) >= 11 is 0. The lowest BCUT2D eigenvalue weighted by molar-refractivity contribution is -0.137. The van der Waals surface area contributed by atoms with E-state index in [1.165, 1.54) is 12.1 Å². The number of alkyl halides is 3. The molecule has 1 atom stereocenters. The molecule has 1 fully saturated rings. The summed E-state index contributed by atoms with van der Waals surface area (Å²) in [7, 11) is 1.60. The number of anilines is 1. The normalized spacial score (nSPS) is 16.6. The number of methoxy groups -OCH3 is 1. The van der Waals surface area contributed by atoms with Gasteiger partial charge in [-0.25, -0.2) is 0 Å². The molecule has 2 heterocycles. The van der Waals surface area contributed by atoms with Crippen LogP contribution in [0.5, 0.6) is 5.75 Å². The van der Waals surface area contributed by atoms with Crippen LogP contribution in [0.1, 0.15) is 17.5 Å². The Bertz CT molecular complexity index is 1160. The number of aromatic amines is 1. The van der Waals surface area contributed by atoms with Crippen LogP contribution in [0.25, 0.3) is 10.9 Å². The zero-order chi connectivity index (χ0) is 22.9. The highest BCUT2D eigenvalue weighted by Crippen LogP contribution is 2.31. The second kappa shape index (κ2) is 8.57. The number of nitrogens with one attached hydrogen (secondary N) is 2. The molecular formula is C23H22F3N3O3. The van der Waals surface area contributed by atoms with Crippen LogP contribution < -0.4 is 10.1 Å². The smallest absolute Gasteiger partial charge is 0.416 e. The van der Waals surface area contributed by atoms with Gasteiger partial charge in [0.1, 0.15) is 5.75 Å². The predicted octanol–water partition coefficient (Wildman–Crippen LogP) is 4.23. The van der Waals surface area contributed by atoms with Crippen LogP contribution in [0.3, 0.4) is 0 Å². The molecule has 2 N–H and O–H groups in total. The summed E-state index contributed by atoms with van der Waals surface area (Å²) in [5.41, 5.74) is 1.22. The summed E-state index contributed by atoms with van der Waals surface area (Å²) in [6.45, 7) is 0.672. The summed E-state index contributed by atoms with van der Waals surface area (Å²) in [6, 6.07) is 10.2. The van der Waals surface area contributed by atoms with Gasteiger partial charge in [0.25, 0.3) is 0 Å². The van der Waals surface area contributed by atoms with E-state index >= 15 is 0 Å². The standard InChI is InChI=1S/C23H22F3N3O3/c1-32-18-5-6-20-19(11-18)14(12-27-20)7-8-29-13-15(9-21(29)30)22(31)28-17-4-2-3-16(10-17)23(24,25)26/h2-6,10-12,15,27H,7-9,13H2,1H3,(H,28,31)/t15-/m0/s1. The molecule has 4 rings (SSSR count). The highest BCUT2D eigenvalue weighted by atomic mass is 19.4. The molecule has 9 heteroatoms. The van der Waals surface area contributed by atoms with Crippen LogP contribution in [0.15, 0.2) is 48.7 Å². The van der Waals surface area contributed by atoms with Crippen molar-refractivity contribution in [3.05, 3.63) is 59.8 Å². The Morgan fingerprint density at radius 1 is 1.25 bits per heavy atom. The van der Waals surface area contributed by atoms with Crippen LogP contribution in [-0.2, 0) is 22.2 Å². The van der Waals surface area contributed by atoms with Gasteiger partial charge in [0.05, 0.1) is 18.6 Å². The van der Waals surface area contributed by atoms with Crippen molar-refractivity contribution in [2.24, 2.45) is 5.92 Å². The maximum absolute atomic E-state index is 12.9. The van der Waals surface area contributed by atoms with Gasteiger partial charge in [-0.2, -0.15) is 13.2 Å². The molecular weight excluding hydrogens is 423 g/mol. The number of carbonyl (C=O) groups is 2. The Morgan fingerprint density at radius 3 is 2.81 bits per heavy atom. The molecule has 1 aromatic heterocycles. The summed E-state index contributed by atoms with van der Waals surface area (Å²) < 4.78 is 43.9. The van der Waals surface area contributed by atoms with Crippen LogP contribution in [-0.4, -0.2) is 41.9 Å². The van der Waals surface area contributed by atoms with E-state index in [1.54, 1.807) is 12.0 Å². The van der Waals surface area contributed by atoms with E-state index < -0.39 is 23.6 Å². The zero-order valence-corrected chi connectivity index (χ0v) is 17.3. The highest BCUT2D eigenvalue weighted by Gasteiger charge is 2.35. The van der Waals surface area contributed by atoms with Crippen molar-refractivity contribution in [2.45, 2.75) is 19.0 Å². The summed E-state index contributed by atoms with van der Waals surface area (Å²) in [5.74, 6) is -0.481. The first kappa shape index (κ1) is 21.7. The number of fused-ring (bicyclic) bond motifs is 1. The summed E-state index contributed by atoms with van der Waals surface area (Å²) in [5, 5.41) is 3.52. The first-order valence-corrected chi connectivity index (χ1v) is 10.1. The lowest BCUT2D eigenvalue weighted by Crippen LogP contribution is -2.30. The van der Waals surface area contributed by atoms with Crippen LogP contribution >= 0.6 is 0 Å². The fourth-order valence-corrected chi connectivity index (χ4v) is 3.93. The van der Waals surface area contributed by atoms with Gasteiger partial charge >= 0.3 is 6.18 Å². The molecule has 0 spiro atoms. The Balaban J connectivity index is 1.38. The molecule has 2 aromatic carbocycles. The van der Waals surface area contributed by atoms with E-state index in [1.807, 2.05) is 24.4 Å². The average molecular weight is 445 g/mol. The predicted molar refractivity (Wildman–Crippen MR) is 113 cm³/mol. The third-order valence-electron chi connectivity index (χ3n) is 5.67. The molecule has 0 aliphatic carbocycles. The van der Waals surface area contributed by atoms with E-state index in [2.05, 4.69) is 10.3 Å². The van der Waals surface area contributed by atoms with E-state index in [-0.39, 0.29) is 24.6 Å². The molecule has 2 amide bonds. The van der Waals surface area contributed by atoms with Gasteiger partial charge < -0.3 is 19.9 Å². The fraction of sp³-hybridized carbons (Fsp3) is 0.304. The molecule has 1 aliphatic heterocycles. The van der Waals surface area contributed by atoms with Crippen molar-refractivity contribution in [1.82, 2.24) is 9.88 Å². The minimum absolute atomic E-state index is 0.0342. The monoisotopic (exact) mass is 445 g/mol. The van der Waals surface area contributed by atoms with Crippen molar-refractivity contribution >= 4 is 28.4 Å². The zero-order valence-electron chi connectivity index (χ0n) is 17.3. The largest absolute Gasteiger partial charge is 0.497 e. The Hall–Kier alpha value is -3.49. The molecule has 0 bridgehead atoms. The van der Waals surface area contributed by atoms with E-state index in [0.717, 1.165) is 34.3 Å². The van der Waals surface area contributed by atoms with Gasteiger partial charge in [0.2, 0.25) is 11.8 Å². The van der Waals surface area contributed by atoms with Crippen molar-refractivity contribution < 1.29 is 27.5 Å². The topological polar surface area (TPSA) is 74.4 Å². The number of benzene rings is 2. The quantitative estimate of drug-likeness (QED) is 0.597. The van der Waals surface area contributed by atoms with Crippen LogP contribution in [0, 0.1) is 5.92 Å². The van der Waals surface area contributed by atoms with Gasteiger partial charge in [-0.05, 0) is 48.4 Å². The number of hydrogen-bond acceptors (Lipinski definition) is 3. The van der Waals surface area contributed by atoms with Crippen LogP contribution in [0.2, 0.25) is 0 Å². The van der Waals surface area contributed by atoms with Gasteiger partial charge in [-0.1, -0.05) is 6.07 Å². The van der Waals surface area contributed by atoms with Crippen molar-refractivity contribution in [3.63, 3.8) is 0 Å². The maximum Gasteiger partial charge on any atom is 0.416 e. The van der Waals surface area contributed by atoms with Crippen molar-refractivity contribution in [2.75, 3.05) is 25.5 Å². The second-order valence-corrected chi connectivity index (χ2v) is 7.78. The molecule has 0 radical (unpaired) electrons. The van der Waals surface area contributed by atoms with Crippen molar-refractivity contribution in [3.8, 4) is 5.75 Å². The lowest BCUT2D eigenvalue weighted by Gasteiger charge is -2.16. The molecule has 0 unspecified atom stereocenters. The average Bonchev–Trinajstić information content (AvgIpc) is 3.34. The van der Waals surface area contributed by atoms with E-state index in [0.29, 0.717) is 13.0 Å². The van der Waals surface area contributed by atoms with E-state index in [9.17, 15) is 22.8 Å². The summed E-state index contributed by atoms with van der Waals surface area (Å²) in [6.07, 6.45) is -1.97. The maximum atomic E-state index is 12.9. The molecule has 1 aliphatic rings. The Labute approximate surface area is 182 Å². The van der Waals surface area contributed by atoms with Gasteiger partial charge in [-0.15, -0.1) is 0 Å². The van der Waals surface area contributed by atoms with E-state index in [4.69, 9.17) is 4.74 Å².